The molecule has 1 spiro atoms. The summed E-state index contributed by atoms with van der Waals surface area (Å²) < 4.78 is 11.8. The molecule has 0 radical (unpaired) electrons. The Balaban J connectivity index is 2.08. The normalized spacial score (nSPS) is 23.0. The van der Waals surface area contributed by atoms with E-state index in [-0.39, 0.29) is 0 Å². The summed E-state index contributed by atoms with van der Waals surface area (Å²) in [6, 6.07) is 12.4. The Hall–Kier alpha value is -2.47. The third-order valence-corrected chi connectivity index (χ3v) is 5.13. The summed E-state index contributed by atoms with van der Waals surface area (Å²) in [5.74, 6) is -0.400. The highest BCUT2D eigenvalue weighted by atomic mass is 32.2. The number of hydrogen-bond acceptors (Lipinski definition) is 3. The average molecular weight is 312 g/mol. The molecule has 0 unspecified atom stereocenters. The lowest BCUT2D eigenvalue weighted by Crippen LogP contribution is -2.43. The first-order valence-corrected chi connectivity index (χ1v) is 8.31. The minimum atomic E-state index is -1.22. The first-order chi connectivity index (χ1) is 10.5. The number of hydrogen-bond donors (Lipinski definition) is 2. The molecule has 4 rings (SSSR count). The van der Waals surface area contributed by atoms with Crippen molar-refractivity contribution in [1.29, 1.82) is 0 Å². The predicted molar refractivity (Wildman–Crippen MR) is 81.7 cm³/mol. The first kappa shape index (κ1) is 13.2. The maximum Gasteiger partial charge on any atom is 0.322 e. The quantitative estimate of drug-likeness (QED) is 0.783. The fraction of sp³-hybridized carbons (Fsp3) is 0.125. The van der Waals surface area contributed by atoms with Crippen LogP contribution in [0.4, 0.5) is 4.79 Å². The van der Waals surface area contributed by atoms with Gasteiger partial charge in [0.05, 0.1) is 0 Å². The smallest absolute Gasteiger partial charge is 0.316 e. The van der Waals surface area contributed by atoms with E-state index >= 15 is 0 Å². The van der Waals surface area contributed by atoms with Gasteiger partial charge in [-0.3, -0.25) is 14.3 Å². The third-order valence-electron chi connectivity index (χ3n) is 4.22. The van der Waals surface area contributed by atoms with Crippen LogP contribution in [-0.4, -0.2) is 22.4 Å². The summed E-state index contributed by atoms with van der Waals surface area (Å²) in [6.07, 6.45) is 1.59. The van der Waals surface area contributed by atoms with Crippen molar-refractivity contribution in [1.82, 2.24) is 10.6 Å². The van der Waals surface area contributed by atoms with E-state index in [1.165, 1.54) is 0 Å². The summed E-state index contributed by atoms with van der Waals surface area (Å²) in [4.78, 5) is 24.9. The van der Waals surface area contributed by atoms with Crippen molar-refractivity contribution < 1.29 is 13.8 Å². The summed E-state index contributed by atoms with van der Waals surface area (Å²) in [5, 5.41) is 5.07. The zero-order chi connectivity index (χ0) is 15.5. The van der Waals surface area contributed by atoms with Crippen LogP contribution in [0.15, 0.2) is 47.4 Å². The highest BCUT2D eigenvalue weighted by Gasteiger charge is 2.54. The van der Waals surface area contributed by atoms with Gasteiger partial charge in [-0.05, 0) is 28.8 Å². The van der Waals surface area contributed by atoms with Gasteiger partial charge >= 0.3 is 6.03 Å². The Bertz CT molecular complexity index is 877. The van der Waals surface area contributed by atoms with Gasteiger partial charge in [-0.1, -0.05) is 30.3 Å². The minimum Gasteiger partial charge on any atom is -0.316 e. The van der Waals surface area contributed by atoms with Crippen LogP contribution in [0.3, 0.4) is 0 Å². The summed E-state index contributed by atoms with van der Waals surface area (Å²) >= 11 is 0. The number of carbonyl (C=O) groups excluding carboxylic acids is 2. The topological polar surface area (TPSA) is 75.3 Å². The molecule has 5 nitrogen and oxygen atoms in total. The van der Waals surface area contributed by atoms with Crippen LogP contribution < -0.4 is 10.6 Å². The van der Waals surface area contributed by atoms with Gasteiger partial charge in [0.15, 0.2) is 5.54 Å². The molecule has 2 atom stereocenters. The molecule has 1 aliphatic carbocycles. The molecule has 6 heteroatoms. The van der Waals surface area contributed by atoms with Gasteiger partial charge in [-0.15, -0.1) is 0 Å². The molecule has 2 aliphatic rings. The molecule has 1 saturated heterocycles. The van der Waals surface area contributed by atoms with Crippen molar-refractivity contribution in [2.24, 2.45) is 0 Å². The van der Waals surface area contributed by atoms with Crippen LogP contribution >= 0.6 is 0 Å². The lowest BCUT2D eigenvalue weighted by atomic mass is 9.88. The van der Waals surface area contributed by atoms with E-state index in [0.29, 0.717) is 10.5 Å². The number of fused-ring (bicyclic) bond motifs is 5. The van der Waals surface area contributed by atoms with Gasteiger partial charge in [-0.25, -0.2) is 4.79 Å². The standard InChI is InChI=1S/C16H12N2O3S/c1-22(21)9-6-7-11-10-4-2-3-5-12(10)16(13(11)8-9)14(19)17-15(20)18-16/h2-8H,1H3,(H2,17,18,19,20)/t16-,22+/m0/s1. The van der Waals surface area contributed by atoms with E-state index in [9.17, 15) is 13.8 Å². The number of urea groups is 1. The van der Waals surface area contributed by atoms with Crippen LogP contribution in [0.5, 0.6) is 0 Å². The second-order valence-corrected chi connectivity index (χ2v) is 6.74. The summed E-state index contributed by atoms with van der Waals surface area (Å²) in [6.45, 7) is 0. The average Bonchev–Trinajstić information content (AvgIpc) is 2.96. The van der Waals surface area contributed by atoms with Crippen molar-refractivity contribution in [3.8, 4) is 11.1 Å². The van der Waals surface area contributed by atoms with E-state index in [2.05, 4.69) is 10.6 Å². The van der Waals surface area contributed by atoms with Gasteiger partial charge in [0.2, 0.25) is 0 Å². The van der Waals surface area contributed by atoms with Crippen molar-refractivity contribution in [2.45, 2.75) is 10.4 Å². The number of carbonyl (C=O) groups is 2. The van der Waals surface area contributed by atoms with Crippen molar-refractivity contribution in [3.05, 3.63) is 53.6 Å². The molecular formula is C16H12N2O3S. The predicted octanol–water partition coefficient (Wildman–Crippen LogP) is 1.49. The second-order valence-electron chi connectivity index (χ2n) is 5.37. The lowest BCUT2D eigenvalue weighted by molar-refractivity contribution is -0.122. The van der Waals surface area contributed by atoms with Crippen molar-refractivity contribution in [3.63, 3.8) is 0 Å². The molecule has 22 heavy (non-hydrogen) atoms. The molecule has 0 saturated carbocycles. The largest absolute Gasteiger partial charge is 0.322 e. The molecule has 1 aliphatic heterocycles. The van der Waals surface area contributed by atoms with Crippen LogP contribution in [0.2, 0.25) is 0 Å². The van der Waals surface area contributed by atoms with E-state index in [1.807, 2.05) is 30.3 Å². The van der Waals surface area contributed by atoms with Gasteiger partial charge < -0.3 is 5.32 Å². The molecule has 110 valence electrons. The monoisotopic (exact) mass is 312 g/mol. The molecule has 1 heterocycles. The van der Waals surface area contributed by atoms with Crippen LogP contribution in [0.25, 0.3) is 11.1 Å². The van der Waals surface area contributed by atoms with Gasteiger partial charge in [0.1, 0.15) is 0 Å². The van der Waals surface area contributed by atoms with Gasteiger partial charge in [0, 0.05) is 27.5 Å². The Labute approximate surface area is 129 Å². The Kier molecular flexibility index (Phi) is 2.56. The highest BCUT2D eigenvalue weighted by molar-refractivity contribution is 7.84. The zero-order valence-corrected chi connectivity index (χ0v) is 12.5. The van der Waals surface area contributed by atoms with E-state index in [4.69, 9.17) is 0 Å². The van der Waals surface area contributed by atoms with Crippen molar-refractivity contribution in [2.75, 3.05) is 6.26 Å². The van der Waals surface area contributed by atoms with Crippen LogP contribution in [0, 0.1) is 0 Å². The highest BCUT2D eigenvalue weighted by Crippen LogP contribution is 2.49. The number of imide groups is 1. The summed E-state index contributed by atoms with van der Waals surface area (Å²) in [7, 11) is -1.17. The SMILES string of the molecule is C[S@@](=O)c1ccc2c(c1)[C@@]1(NC(=O)NC1=O)c1ccccc1-2. The molecule has 0 aromatic heterocycles. The fourth-order valence-electron chi connectivity index (χ4n) is 3.27. The Morgan fingerprint density at radius 2 is 1.73 bits per heavy atom. The first-order valence-electron chi connectivity index (χ1n) is 6.75. The Morgan fingerprint density at radius 1 is 1.00 bits per heavy atom. The molecular weight excluding hydrogens is 300 g/mol. The molecule has 1 fully saturated rings. The van der Waals surface area contributed by atoms with E-state index in [0.717, 1.165) is 16.7 Å². The molecule has 2 aromatic rings. The molecule has 2 N–H and O–H groups in total. The lowest BCUT2D eigenvalue weighted by Gasteiger charge is -2.23. The number of amides is 3. The number of benzene rings is 2. The van der Waals surface area contributed by atoms with Crippen LogP contribution in [-0.2, 0) is 21.1 Å². The second kappa shape index (κ2) is 4.27. The van der Waals surface area contributed by atoms with Crippen LogP contribution in [0.1, 0.15) is 11.1 Å². The summed E-state index contributed by atoms with van der Waals surface area (Å²) in [5.41, 5.74) is 1.97. The van der Waals surface area contributed by atoms with Gasteiger partial charge in [0.25, 0.3) is 5.91 Å². The molecule has 0 bridgehead atoms. The maximum atomic E-state index is 12.5. The number of rotatable bonds is 1. The van der Waals surface area contributed by atoms with Crippen molar-refractivity contribution >= 4 is 22.7 Å². The molecule has 2 aromatic carbocycles. The van der Waals surface area contributed by atoms with E-state index in [1.54, 1.807) is 18.4 Å². The van der Waals surface area contributed by atoms with Gasteiger partial charge in [-0.2, -0.15) is 0 Å². The van der Waals surface area contributed by atoms with E-state index < -0.39 is 28.3 Å². The molecule has 3 amide bonds. The fourth-order valence-corrected chi connectivity index (χ4v) is 3.82. The zero-order valence-electron chi connectivity index (χ0n) is 11.7. The maximum absolute atomic E-state index is 12.5. The third kappa shape index (κ3) is 1.50. The number of nitrogens with one attached hydrogen (secondary N) is 2. The minimum absolute atomic E-state index is 0.400. The Morgan fingerprint density at radius 3 is 2.41 bits per heavy atom.